The minimum atomic E-state index is -1.87. The van der Waals surface area contributed by atoms with Crippen LogP contribution in [0, 0.1) is 0 Å². The van der Waals surface area contributed by atoms with Gasteiger partial charge >= 0.3 is 8.60 Å². The van der Waals surface area contributed by atoms with E-state index in [0.717, 1.165) is 0 Å². The molecule has 4 nitrogen and oxygen atoms in total. The second-order valence-corrected chi connectivity index (χ2v) is 2.18. The molecule has 0 saturated heterocycles. The summed E-state index contributed by atoms with van der Waals surface area (Å²) < 4.78 is 8.65. The highest BCUT2D eigenvalue weighted by Gasteiger charge is 2.05. The Labute approximate surface area is 49.0 Å². The minimum absolute atomic E-state index is 0.967. The molecule has 0 heterocycles. The molecule has 2 atom stereocenters. The molecule has 0 radical (unpaired) electrons. The highest BCUT2D eigenvalue weighted by atomic mass is 31.2. The van der Waals surface area contributed by atoms with Gasteiger partial charge in [0.05, 0.1) is 0 Å². The van der Waals surface area contributed by atoms with Crippen LogP contribution < -0.4 is 0 Å². The Hall–Kier alpha value is 0.270. The lowest BCUT2D eigenvalue weighted by Gasteiger charge is -2.08. The first-order valence-electron chi connectivity index (χ1n) is 2.04. The molecule has 0 aromatic heterocycles. The molecule has 0 aliphatic carbocycles. The Balaban J connectivity index is 3.10. The average Bonchev–Trinajstić information content (AvgIpc) is 1.65. The lowest BCUT2D eigenvalue weighted by atomic mass is 10.8. The van der Waals surface area contributed by atoms with Crippen LogP contribution in [0.15, 0.2) is 0 Å². The van der Waals surface area contributed by atoms with Crippen molar-refractivity contribution in [2.24, 2.45) is 0 Å². The zero-order valence-corrected chi connectivity index (χ0v) is 5.63. The molecule has 0 amide bonds. The Morgan fingerprint density at radius 1 is 1.62 bits per heavy atom. The Bertz CT molecular complexity index is 57.2. The van der Waals surface area contributed by atoms with E-state index in [1.165, 1.54) is 14.0 Å². The van der Waals surface area contributed by atoms with E-state index in [0.29, 0.717) is 0 Å². The number of hydrogen-bond acceptors (Lipinski definition) is 4. The van der Waals surface area contributed by atoms with Gasteiger partial charge in [-0.1, -0.05) is 0 Å². The third-order valence-electron chi connectivity index (χ3n) is 0.399. The van der Waals surface area contributed by atoms with Gasteiger partial charge < -0.3 is 14.5 Å². The summed E-state index contributed by atoms with van der Waals surface area (Å²) in [7, 11) is -0.568. The van der Waals surface area contributed by atoms with Gasteiger partial charge in [0, 0.05) is 7.11 Å². The Kier molecular flexibility index (Phi) is 4.32. The van der Waals surface area contributed by atoms with E-state index >= 15 is 0 Å². The van der Waals surface area contributed by atoms with E-state index in [1.807, 2.05) is 0 Å². The zero-order valence-electron chi connectivity index (χ0n) is 4.74. The summed E-state index contributed by atoms with van der Waals surface area (Å²) in [4.78, 5) is 8.49. The van der Waals surface area contributed by atoms with E-state index in [-0.39, 0.29) is 0 Å². The Morgan fingerprint density at radius 3 is 2.25 bits per heavy atom. The van der Waals surface area contributed by atoms with Crippen LogP contribution in [0.2, 0.25) is 0 Å². The monoisotopic (exact) mass is 140 g/mol. The van der Waals surface area contributed by atoms with E-state index in [4.69, 9.17) is 10.00 Å². The maximum atomic E-state index is 8.49. The van der Waals surface area contributed by atoms with Gasteiger partial charge in [0.1, 0.15) is 0 Å². The van der Waals surface area contributed by atoms with Gasteiger partial charge in [-0.15, -0.1) is 0 Å². The van der Waals surface area contributed by atoms with Crippen molar-refractivity contribution in [3.8, 4) is 0 Å². The van der Waals surface area contributed by atoms with Crippen molar-refractivity contribution in [3.05, 3.63) is 0 Å². The Morgan fingerprint density at radius 2 is 2.12 bits per heavy atom. The SMILES string of the molecule is COP(O)OC(C)O. The van der Waals surface area contributed by atoms with Crippen molar-refractivity contribution in [2.75, 3.05) is 7.11 Å². The van der Waals surface area contributed by atoms with Crippen LogP contribution in [0.4, 0.5) is 0 Å². The van der Waals surface area contributed by atoms with Crippen molar-refractivity contribution in [1.82, 2.24) is 0 Å². The molecule has 0 spiro atoms. The van der Waals surface area contributed by atoms with E-state index in [1.54, 1.807) is 0 Å². The van der Waals surface area contributed by atoms with Crippen molar-refractivity contribution in [2.45, 2.75) is 13.2 Å². The summed E-state index contributed by atoms with van der Waals surface area (Å²) in [6.07, 6.45) is -0.967. The van der Waals surface area contributed by atoms with Gasteiger partial charge in [-0.05, 0) is 6.92 Å². The van der Waals surface area contributed by atoms with E-state index in [2.05, 4.69) is 9.05 Å². The normalized spacial score (nSPS) is 18.0. The van der Waals surface area contributed by atoms with Crippen LogP contribution in [0.25, 0.3) is 0 Å². The first-order chi connectivity index (χ1) is 3.66. The summed E-state index contributed by atoms with van der Waals surface area (Å²) in [6.45, 7) is 1.39. The molecular formula is C3H9O4P. The molecule has 0 fully saturated rings. The highest BCUT2D eigenvalue weighted by molar-refractivity contribution is 7.40. The molecule has 0 aliphatic heterocycles. The first kappa shape index (κ1) is 8.27. The molecule has 0 aromatic rings. The molecule has 0 aliphatic rings. The van der Waals surface area contributed by atoms with E-state index in [9.17, 15) is 0 Å². The van der Waals surface area contributed by atoms with Gasteiger partial charge in [-0.25, -0.2) is 0 Å². The van der Waals surface area contributed by atoms with Crippen LogP contribution in [-0.2, 0) is 9.05 Å². The summed E-state index contributed by atoms with van der Waals surface area (Å²) in [5.41, 5.74) is 0. The second kappa shape index (κ2) is 4.18. The molecule has 0 aromatic carbocycles. The number of aliphatic hydroxyl groups excluding tert-OH is 1. The fourth-order valence-corrected chi connectivity index (χ4v) is 0.521. The van der Waals surface area contributed by atoms with Crippen LogP contribution in [0.5, 0.6) is 0 Å². The summed E-state index contributed by atoms with van der Waals surface area (Å²) in [6, 6.07) is 0. The quantitative estimate of drug-likeness (QED) is 0.434. The molecule has 0 rings (SSSR count). The van der Waals surface area contributed by atoms with Crippen molar-refractivity contribution in [3.63, 3.8) is 0 Å². The van der Waals surface area contributed by atoms with Gasteiger partial charge in [0.2, 0.25) is 0 Å². The van der Waals surface area contributed by atoms with Gasteiger partial charge in [-0.2, -0.15) is 0 Å². The second-order valence-electron chi connectivity index (χ2n) is 1.13. The third kappa shape index (κ3) is 4.43. The molecule has 5 heteroatoms. The molecule has 0 saturated carbocycles. The maximum absolute atomic E-state index is 8.49. The van der Waals surface area contributed by atoms with Crippen LogP contribution in [-0.4, -0.2) is 23.4 Å². The minimum Gasteiger partial charge on any atom is -0.368 e. The number of aliphatic hydroxyl groups is 1. The summed E-state index contributed by atoms with van der Waals surface area (Å²) >= 11 is 0. The molecule has 0 bridgehead atoms. The summed E-state index contributed by atoms with van der Waals surface area (Å²) in [5.74, 6) is 0. The lowest BCUT2D eigenvalue weighted by Crippen LogP contribution is -2.01. The standard InChI is InChI=1S/C3H9O4P/c1-3(4)7-8(5)6-2/h3-5H,1-2H3. The number of hydrogen-bond donors (Lipinski definition) is 2. The molecule has 8 heavy (non-hydrogen) atoms. The maximum Gasteiger partial charge on any atom is 0.331 e. The topological polar surface area (TPSA) is 58.9 Å². The van der Waals surface area contributed by atoms with Crippen molar-refractivity contribution in [1.29, 1.82) is 0 Å². The predicted octanol–water partition coefficient (Wildman–Crippen LogP) is 0.207. The summed E-state index contributed by atoms with van der Waals surface area (Å²) in [5, 5.41) is 8.41. The lowest BCUT2D eigenvalue weighted by molar-refractivity contribution is -0.0111. The predicted molar refractivity (Wildman–Crippen MR) is 28.9 cm³/mol. The molecule has 50 valence electrons. The molecule has 2 N–H and O–H groups in total. The van der Waals surface area contributed by atoms with Gasteiger partial charge in [0.15, 0.2) is 6.29 Å². The first-order valence-corrected chi connectivity index (χ1v) is 3.17. The highest BCUT2D eigenvalue weighted by Crippen LogP contribution is 2.31. The molecule has 2 unspecified atom stereocenters. The average molecular weight is 140 g/mol. The fraction of sp³-hybridized carbons (Fsp3) is 1.00. The zero-order chi connectivity index (χ0) is 6.57. The van der Waals surface area contributed by atoms with Crippen molar-refractivity contribution >= 4 is 8.60 Å². The number of rotatable bonds is 3. The van der Waals surface area contributed by atoms with Crippen LogP contribution >= 0.6 is 8.60 Å². The largest absolute Gasteiger partial charge is 0.368 e. The van der Waals surface area contributed by atoms with Crippen LogP contribution in [0.3, 0.4) is 0 Å². The smallest absolute Gasteiger partial charge is 0.331 e. The van der Waals surface area contributed by atoms with Crippen LogP contribution in [0.1, 0.15) is 6.92 Å². The van der Waals surface area contributed by atoms with E-state index < -0.39 is 14.9 Å². The molecular weight excluding hydrogens is 131 g/mol. The third-order valence-corrected chi connectivity index (χ3v) is 1.20. The fourth-order valence-electron chi connectivity index (χ4n) is 0.174. The van der Waals surface area contributed by atoms with Gasteiger partial charge in [0.25, 0.3) is 0 Å². The van der Waals surface area contributed by atoms with Crippen molar-refractivity contribution < 1.29 is 19.0 Å². The van der Waals surface area contributed by atoms with Gasteiger partial charge in [-0.3, -0.25) is 4.52 Å².